The predicted molar refractivity (Wildman–Crippen MR) is 66.4 cm³/mol. The van der Waals surface area contributed by atoms with Gasteiger partial charge in [-0.25, -0.2) is 9.78 Å². The standard InChI is InChI=1S/C7H6O3.C5H9N3/c8-7(9)10-6-4-2-1-3-5-6;6-2-1-5-3-7-4-8-5/h1-5H,(H,8,9);3-4H,1-2,6H2,(H,7,8). The van der Waals surface area contributed by atoms with Gasteiger partial charge in [-0.1, -0.05) is 18.2 Å². The van der Waals surface area contributed by atoms with Crippen LogP contribution in [-0.4, -0.2) is 27.8 Å². The molecule has 0 saturated heterocycles. The van der Waals surface area contributed by atoms with Crippen molar-refractivity contribution in [1.82, 2.24) is 9.97 Å². The van der Waals surface area contributed by atoms with Crippen LogP contribution in [0.15, 0.2) is 42.9 Å². The number of H-pyrrole nitrogens is 1. The number of aromatic nitrogens is 2. The van der Waals surface area contributed by atoms with Gasteiger partial charge in [0, 0.05) is 18.3 Å². The van der Waals surface area contributed by atoms with Crippen molar-refractivity contribution in [1.29, 1.82) is 0 Å². The van der Waals surface area contributed by atoms with Crippen molar-refractivity contribution in [2.45, 2.75) is 6.42 Å². The molecule has 96 valence electrons. The van der Waals surface area contributed by atoms with Crippen molar-refractivity contribution in [3.05, 3.63) is 48.5 Å². The van der Waals surface area contributed by atoms with Crippen LogP contribution in [0.4, 0.5) is 4.79 Å². The molecular weight excluding hydrogens is 234 g/mol. The van der Waals surface area contributed by atoms with Gasteiger partial charge in [-0.15, -0.1) is 0 Å². The van der Waals surface area contributed by atoms with Crippen LogP contribution >= 0.6 is 0 Å². The van der Waals surface area contributed by atoms with Crippen molar-refractivity contribution in [3.8, 4) is 5.75 Å². The lowest BCUT2D eigenvalue weighted by Crippen LogP contribution is -2.02. The number of benzene rings is 1. The summed E-state index contributed by atoms with van der Waals surface area (Å²) in [4.78, 5) is 16.7. The fourth-order valence-electron chi connectivity index (χ4n) is 1.17. The van der Waals surface area contributed by atoms with Crippen LogP contribution in [0.3, 0.4) is 0 Å². The number of ether oxygens (including phenoxy) is 1. The molecule has 0 spiro atoms. The Bertz CT molecular complexity index is 443. The van der Waals surface area contributed by atoms with Gasteiger partial charge in [0.05, 0.1) is 6.33 Å². The highest BCUT2D eigenvalue weighted by Crippen LogP contribution is 2.07. The molecule has 0 unspecified atom stereocenters. The van der Waals surface area contributed by atoms with Gasteiger partial charge < -0.3 is 20.6 Å². The number of nitrogens with zero attached hydrogens (tertiary/aromatic N) is 1. The molecule has 0 radical (unpaired) electrons. The van der Waals surface area contributed by atoms with Crippen LogP contribution in [0.5, 0.6) is 5.75 Å². The first kappa shape index (κ1) is 13.7. The Kier molecular flexibility index (Phi) is 5.99. The number of carboxylic acid groups (broad SMARTS) is 1. The van der Waals surface area contributed by atoms with Crippen LogP contribution < -0.4 is 10.5 Å². The van der Waals surface area contributed by atoms with E-state index in [2.05, 4.69) is 14.7 Å². The lowest BCUT2D eigenvalue weighted by molar-refractivity contribution is 0.144. The molecule has 0 aliphatic heterocycles. The second-order valence-corrected chi connectivity index (χ2v) is 3.30. The number of carbonyl (C=O) groups is 1. The van der Waals surface area contributed by atoms with E-state index in [9.17, 15) is 4.79 Å². The topological polar surface area (TPSA) is 101 Å². The van der Waals surface area contributed by atoms with Gasteiger partial charge in [0.25, 0.3) is 0 Å². The highest BCUT2D eigenvalue weighted by molar-refractivity contribution is 5.60. The van der Waals surface area contributed by atoms with Crippen molar-refractivity contribution >= 4 is 6.16 Å². The first-order valence-corrected chi connectivity index (χ1v) is 5.35. The predicted octanol–water partition coefficient (Wildman–Crippen LogP) is 1.65. The Labute approximate surface area is 104 Å². The van der Waals surface area contributed by atoms with Gasteiger partial charge >= 0.3 is 6.16 Å². The summed E-state index contributed by atoms with van der Waals surface area (Å²) < 4.78 is 4.33. The largest absolute Gasteiger partial charge is 0.511 e. The van der Waals surface area contributed by atoms with Crippen LogP contribution in [0.1, 0.15) is 5.69 Å². The van der Waals surface area contributed by atoms with Gasteiger partial charge in [-0.3, -0.25) is 0 Å². The number of imidazole rings is 1. The first-order valence-electron chi connectivity index (χ1n) is 5.35. The number of hydrogen-bond acceptors (Lipinski definition) is 4. The minimum absolute atomic E-state index is 0.343. The molecule has 1 aromatic carbocycles. The van der Waals surface area contributed by atoms with Gasteiger partial charge in [0.2, 0.25) is 0 Å². The third-order valence-electron chi connectivity index (χ3n) is 1.92. The Balaban J connectivity index is 0.000000184. The molecule has 6 nitrogen and oxygen atoms in total. The van der Waals surface area contributed by atoms with E-state index in [4.69, 9.17) is 10.8 Å². The Morgan fingerprint density at radius 1 is 1.39 bits per heavy atom. The molecular formula is C12H15N3O3. The van der Waals surface area contributed by atoms with Crippen LogP contribution in [0.2, 0.25) is 0 Å². The SMILES string of the molecule is NCCc1cnc[nH]1.O=C(O)Oc1ccccc1. The summed E-state index contributed by atoms with van der Waals surface area (Å²) in [5, 5.41) is 8.14. The van der Waals surface area contributed by atoms with Crippen LogP contribution in [0, 0.1) is 0 Å². The fraction of sp³-hybridized carbons (Fsp3) is 0.167. The molecule has 0 saturated carbocycles. The quantitative estimate of drug-likeness (QED) is 0.567. The van der Waals surface area contributed by atoms with Crippen molar-refractivity contribution in [2.24, 2.45) is 5.73 Å². The first-order chi connectivity index (χ1) is 8.72. The number of rotatable bonds is 3. The minimum Gasteiger partial charge on any atom is -0.449 e. The molecule has 2 rings (SSSR count). The van der Waals surface area contributed by atoms with E-state index in [0.717, 1.165) is 12.1 Å². The highest BCUT2D eigenvalue weighted by atomic mass is 16.7. The number of para-hydroxylation sites is 1. The Morgan fingerprint density at radius 3 is 2.61 bits per heavy atom. The molecule has 18 heavy (non-hydrogen) atoms. The summed E-state index contributed by atoms with van der Waals surface area (Å²) in [7, 11) is 0. The molecule has 0 aliphatic carbocycles. The molecule has 1 aromatic heterocycles. The molecule has 2 aromatic rings. The average Bonchev–Trinajstić information content (AvgIpc) is 2.84. The van der Waals surface area contributed by atoms with E-state index < -0.39 is 6.16 Å². The zero-order valence-corrected chi connectivity index (χ0v) is 9.74. The number of aromatic amines is 1. The smallest absolute Gasteiger partial charge is 0.449 e. The van der Waals surface area contributed by atoms with Crippen LogP contribution in [0.25, 0.3) is 0 Å². The van der Waals surface area contributed by atoms with Gasteiger partial charge in [-0.05, 0) is 18.7 Å². The molecule has 0 aliphatic rings. The van der Waals surface area contributed by atoms with E-state index in [0.29, 0.717) is 12.3 Å². The summed E-state index contributed by atoms with van der Waals surface area (Å²) in [6.07, 6.45) is 3.05. The molecule has 4 N–H and O–H groups in total. The summed E-state index contributed by atoms with van der Waals surface area (Å²) in [6.45, 7) is 0.683. The average molecular weight is 249 g/mol. The van der Waals surface area contributed by atoms with Crippen molar-refractivity contribution in [2.75, 3.05) is 6.54 Å². The van der Waals surface area contributed by atoms with Crippen LogP contribution in [-0.2, 0) is 6.42 Å². The normalized spacial score (nSPS) is 9.17. The summed E-state index contributed by atoms with van der Waals surface area (Å²) in [5.41, 5.74) is 6.38. The van der Waals surface area contributed by atoms with E-state index in [1.165, 1.54) is 0 Å². The highest BCUT2D eigenvalue weighted by Gasteiger charge is 1.96. The molecule has 6 heteroatoms. The van der Waals surface area contributed by atoms with E-state index >= 15 is 0 Å². The molecule has 0 atom stereocenters. The summed E-state index contributed by atoms with van der Waals surface area (Å²) in [6, 6.07) is 8.35. The Hall–Kier alpha value is -2.34. The van der Waals surface area contributed by atoms with Crippen molar-refractivity contribution < 1.29 is 14.6 Å². The second-order valence-electron chi connectivity index (χ2n) is 3.30. The molecule has 1 heterocycles. The number of hydrogen-bond donors (Lipinski definition) is 3. The number of nitrogens with two attached hydrogens (primary N) is 1. The minimum atomic E-state index is -1.29. The lowest BCUT2D eigenvalue weighted by atomic mass is 10.3. The van der Waals surface area contributed by atoms with E-state index in [1.807, 2.05) is 0 Å². The molecule has 0 fully saturated rings. The van der Waals surface area contributed by atoms with Gasteiger partial charge in [0.1, 0.15) is 5.75 Å². The third-order valence-corrected chi connectivity index (χ3v) is 1.92. The van der Waals surface area contributed by atoms with Gasteiger partial charge in [0.15, 0.2) is 0 Å². The zero-order valence-electron chi connectivity index (χ0n) is 9.74. The summed E-state index contributed by atoms with van der Waals surface area (Å²) in [5.74, 6) is 0.343. The zero-order chi connectivity index (χ0) is 13.2. The molecule has 0 amide bonds. The second kappa shape index (κ2) is 7.86. The molecule has 0 bridgehead atoms. The maximum absolute atomic E-state index is 9.95. The summed E-state index contributed by atoms with van der Waals surface area (Å²) >= 11 is 0. The maximum Gasteiger partial charge on any atom is 0.511 e. The van der Waals surface area contributed by atoms with Crippen molar-refractivity contribution in [3.63, 3.8) is 0 Å². The monoisotopic (exact) mass is 249 g/mol. The number of nitrogens with one attached hydrogen (secondary N) is 1. The fourth-order valence-corrected chi connectivity index (χ4v) is 1.17. The Morgan fingerprint density at radius 2 is 2.11 bits per heavy atom. The van der Waals surface area contributed by atoms with Gasteiger partial charge in [-0.2, -0.15) is 0 Å². The van der Waals surface area contributed by atoms with E-state index in [1.54, 1.807) is 42.9 Å². The third kappa shape index (κ3) is 5.66. The maximum atomic E-state index is 9.95. The lowest BCUT2D eigenvalue weighted by Gasteiger charge is -1.95. The van der Waals surface area contributed by atoms with E-state index in [-0.39, 0.29) is 0 Å².